The molecule has 0 aromatic carbocycles. The molecule has 0 bridgehead atoms. The Morgan fingerprint density at radius 2 is 2.30 bits per heavy atom. The zero-order valence-electron chi connectivity index (χ0n) is 12.0. The second-order valence-corrected chi connectivity index (χ2v) is 6.68. The molecule has 0 spiro atoms. The van der Waals surface area contributed by atoms with Gasteiger partial charge in [0.1, 0.15) is 0 Å². The number of hydrogen-bond donors (Lipinski definition) is 1. The topological polar surface area (TPSA) is 38.9 Å². The van der Waals surface area contributed by atoms with E-state index in [2.05, 4.69) is 35.5 Å². The molecule has 3 heteroatoms. The summed E-state index contributed by atoms with van der Waals surface area (Å²) in [5, 5.41) is 2.21. The van der Waals surface area contributed by atoms with Gasteiger partial charge in [-0.25, -0.2) is 0 Å². The van der Waals surface area contributed by atoms with Crippen LogP contribution in [0, 0.1) is 0 Å². The quantitative estimate of drug-likeness (QED) is 0.931. The van der Waals surface area contributed by atoms with Gasteiger partial charge in [0.05, 0.1) is 0 Å². The van der Waals surface area contributed by atoms with Crippen molar-refractivity contribution in [3.63, 3.8) is 0 Å². The van der Waals surface area contributed by atoms with E-state index < -0.39 is 0 Å². The van der Waals surface area contributed by atoms with Crippen LogP contribution < -0.4 is 5.73 Å². The van der Waals surface area contributed by atoms with Crippen LogP contribution in [0.2, 0.25) is 0 Å². The molecule has 0 aliphatic heterocycles. The Bertz CT molecular complexity index is 559. The molecule has 0 saturated carbocycles. The molecule has 2 aromatic heterocycles. The maximum absolute atomic E-state index is 6.49. The third kappa shape index (κ3) is 2.79. The Morgan fingerprint density at radius 3 is 3.05 bits per heavy atom. The smallest absolute Gasteiger partial charge is 0.0419 e. The molecule has 20 heavy (non-hydrogen) atoms. The highest BCUT2D eigenvalue weighted by Crippen LogP contribution is 2.37. The monoisotopic (exact) mass is 286 g/mol. The Hall–Kier alpha value is -1.19. The summed E-state index contributed by atoms with van der Waals surface area (Å²) >= 11 is 1.89. The van der Waals surface area contributed by atoms with Crippen LogP contribution in [-0.2, 0) is 19.3 Å². The molecule has 2 nitrogen and oxygen atoms in total. The summed E-state index contributed by atoms with van der Waals surface area (Å²) in [6.07, 6.45) is 7.63. The van der Waals surface area contributed by atoms with Crippen LogP contribution in [0.3, 0.4) is 0 Å². The second-order valence-electron chi connectivity index (χ2n) is 5.68. The van der Waals surface area contributed by atoms with Crippen molar-refractivity contribution in [3.8, 4) is 0 Å². The van der Waals surface area contributed by atoms with Gasteiger partial charge in [-0.1, -0.05) is 13.0 Å². The minimum atomic E-state index is 0.184. The van der Waals surface area contributed by atoms with E-state index in [0.717, 1.165) is 18.5 Å². The Balaban J connectivity index is 1.72. The van der Waals surface area contributed by atoms with E-state index in [-0.39, 0.29) is 6.04 Å². The van der Waals surface area contributed by atoms with Crippen molar-refractivity contribution in [1.29, 1.82) is 0 Å². The van der Waals surface area contributed by atoms with Crippen molar-refractivity contribution >= 4 is 11.3 Å². The molecular formula is C17H22N2S. The number of nitrogens with zero attached hydrogens (tertiary/aromatic N) is 1. The first-order valence-corrected chi connectivity index (χ1v) is 8.41. The predicted octanol–water partition coefficient (Wildman–Crippen LogP) is 3.70. The van der Waals surface area contributed by atoms with Crippen molar-refractivity contribution in [2.45, 2.75) is 51.0 Å². The summed E-state index contributed by atoms with van der Waals surface area (Å²) in [6, 6.07) is 6.77. The Kier molecular flexibility index (Phi) is 4.18. The normalized spacial score (nSPS) is 19.6. The van der Waals surface area contributed by atoms with Crippen molar-refractivity contribution in [3.05, 3.63) is 51.5 Å². The molecule has 106 valence electrons. The average Bonchev–Trinajstić information content (AvgIpc) is 2.96. The standard InChI is InChI=1S/C17H22N2S/c1-2-12-6-7-13(19-11-12)10-16(18)14-4-3-5-17-15(14)8-9-20-17/h6-9,11,14,16H,2-5,10,18H2,1H3. The SMILES string of the molecule is CCc1ccc(CC(N)C2CCCc3sccc32)nc1. The van der Waals surface area contributed by atoms with Crippen LogP contribution in [0.5, 0.6) is 0 Å². The van der Waals surface area contributed by atoms with Crippen molar-refractivity contribution < 1.29 is 0 Å². The van der Waals surface area contributed by atoms with E-state index in [4.69, 9.17) is 5.73 Å². The van der Waals surface area contributed by atoms with E-state index in [1.807, 2.05) is 17.5 Å². The molecule has 2 atom stereocenters. The van der Waals surface area contributed by atoms with Crippen molar-refractivity contribution in [2.24, 2.45) is 5.73 Å². The first-order chi connectivity index (χ1) is 9.78. The largest absolute Gasteiger partial charge is 0.327 e. The maximum Gasteiger partial charge on any atom is 0.0419 e. The molecule has 0 amide bonds. The molecule has 2 N–H and O–H groups in total. The number of rotatable bonds is 4. The van der Waals surface area contributed by atoms with Gasteiger partial charge in [0, 0.05) is 35.1 Å². The highest BCUT2D eigenvalue weighted by molar-refractivity contribution is 7.10. The molecule has 1 aliphatic carbocycles. The Morgan fingerprint density at radius 1 is 1.40 bits per heavy atom. The van der Waals surface area contributed by atoms with Gasteiger partial charge in [0.2, 0.25) is 0 Å². The molecular weight excluding hydrogens is 264 g/mol. The minimum Gasteiger partial charge on any atom is -0.327 e. The van der Waals surface area contributed by atoms with Gasteiger partial charge in [0.25, 0.3) is 0 Å². The van der Waals surface area contributed by atoms with Gasteiger partial charge in [-0.2, -0.15) is 0 Å². The van der Waals surface area contributed by atoms with Crippen molar-refractivity contribution in [2.75, 3.05) is 0 Å². The fourth-order valence-corrected chi connectivity index (χ4v) is 4.13. The third-order valence-electron chi connectivity index (χ3n) is 4.35. The van der Waals surface area contributed by atoms with Crippen LogP contribution in [0.1, 0.15) is 47.4 Å². The summed E-state index contributed by atoms with van der Waals surface area (Å²) in [5.74, 6) is 0.512. The number of pyridine rings is 1. The molecule has 0 radical (unpaired) electrons. The summed E-state index contributed by atoms with van der Waals surface area (Å²) in [7, 11) is 0. The summed E-state index contributed by atoms with van der Waals surface area (Å²) in [4.78, 5) is 6.10. The number of fused-ring (bicyclic) bond motifs is 1. The van der Waals surface area contributed by atoms with E-state index in [1.165, 1.54) is 30.4 Å². The molecule has 3 rings (SSSR count). The zero-order chi connectivity index (χ0) is 13.9. The molecule has 1 aliphatic rings. The number of aromatic nitrogens is 1. The lowest BCUT2D eigenvalue weighted by atomic mass is 9.81. The predicted molar refractivity (Wildman–Crippen MR) is 85.3 cm³/mol. The number of hydrogen-bond acceptors (Lipinski definition) is 3. The fourth-order valence-electron chi connectivity index (χ4n) is 3.14. The first-order valence-electron chi connectivity index (χ1n) is 7.53. The highest BCUT2D eigenvalue weighted by atomic mass is 32.1. The summed E-state index contributed by atoms with van der Waals surface area (Å²) in [6.45, 7) is 2.16. The number of thiophene rings is 1. The minimum absolute atomic E-state index is 0.184. The highest BCUT2D eigenvalue weighted by Gasteiger charge is 2.26. The lowest BCUT2D eigenvalue weighted by Crippen LogP contribution is -2.32. The average molecular weight is 286 g/mol. The summed E-state index contributed by atoms with van der Waals surface area (Å²) < 4.78 is 0. The lowest BCUT2D eigenvalue weighted by Gasteiger charge is -2.28. The Labute approximate surface area is 125 Å². The molecule has 0 saturated heterocycles. The molecule has 0 fully saturated rings. The second kappa shape index (κ2) is 6.06. The van der Waals surface area contributed by atoms with Gasteiger partial charge in [-0.15, -0.1) is 11.3 Å². The number of aryl methyl sites for hydroxylation is 2. The van der Waals surface area contributed by atoms with Crippen molar-refractivity contribution in [1.82, 2.24) is 4.98 Å². The van der Waals surface area contributed by atoms with Gasteiger partial charge >= 0.3 is 0 Å². The van der Waals surface area contributed by atoms with Gasteiger partial charge < -0.3 is 5.73 Å². The summed E-state index contributed by atoms with van der Waals surface area (Å²) in [5.41, 5.74) is 10.4. The van der Waals surface area contributed by atoms with Crippen LogP contribution in [0.25, 0.3) is 0 Å². The number of nitrogens with two attached hydrogens (primary N) is 1. The van der Waals surface area contributed by atoms with E-state index in [0.29, 0.717) is 5.92 Å². The third-order valence-corrected chi connectivity index (χ3v) is 5.35. The van der Waals surface area contributed by atoms with Gasteiger partial charge in [-0.05, 0) is 54.3 Å². The fraction of sp³-hybridized carbons (Fsp3) is 0.471. The van der Waals surface area contributed by atoms with E-state index >= 15 is 0 Å². The van der Waals surface area contributed by atoms with Crippen LogP contribution >= 0.6 is 11.3 Å². The molecule has 2 unspecified atom stereocenters. The van der Waals surface area contributed by atoms with Crippen LogP contribution in [0.4, 0.5) is 0 Å². The molecule has 2 heterocycles. The van der Waals surface area contributed by atoms with E-state index in [1.54, 1.807) is 4.88 Å². The molecule has 2 aromatic rings. The van der Waals surface area contributed by atoms with Crippen LogP contribution in [-0.4, -0.2) is 11.0 Å². The van der Waals surface area contributed by atoms with Gasteiger partial charge in [0.15, 0.2) is 0 Å². The first kappa shape index (κ1) is 13.8. The van der Waals surface area contributed by atoms with Crippen LogP contribution in [0.15, 0.2) is 29.8 Å². The zero-order valence-corrected chi connectivity index (χ0v) is 12.8. The lowest BCUT2D eigenvalue weighted by molar-refractivity contribution is 0.461. The van der Waals surface area contributed by atoms with Gasteiger partial charge in [-0.3, -0.25) is 4.98 Å². The van der Waals surface area contributed by atoms with E-state index in [9.17, 15) is 0 Å². The maximum atomic E-state index is 6.49.